The number of thiophene rings is 5. The summed E-state index contributed by atoms with van der Waals surface area (Å²) in [7, 11) is 6.48. The SMILES string of the molecule is CCC1CCc2c(sc3ncnc(N4CCC(C(N)=O)CC4)c23)C1.CCC1CCc2c(sc3ncnc(NC4CCC(N)CC4)c23)C1.CCC1CCc2c(sc3ncnc(NC4CCN(Cc5ccccc5)CC4)c23)C1.CN(C)C1CCC(Nc2ncnc3sc4c(c23)CC(C)(C)CC4)CC1.CNC1CCC(Nc2ncnc3sc4c(c23)CC(C)(C)CC4)CC1. The monoisotopic (exact) mass is 1780 g/mol. The number of anilines is 5. The van der Waals surface area contributed by atoms with Gasteiger partial charge >= 0.3 is 0 Å². The molecule has 8 aliphatic carbocycles. The lowest BCUT2D eigenvalue weighted by molar-refractivity contribution is -0.122. The van der Waals surface area contributed by atoms with E-state index in [1.807, 2.05) is 56.7 Å². The average molecular weight is 1780 g/mol. The number of aromatic nitrogens is 10. The Morgan fingerprint density at radius 2 is 0.800 bits per heavy atom. The van der Waals surface area contributed by atoms with E-state index in [0.717, 1.165) is 153 Å². The van der Waals surface area contributed by atoms with Crippen molar-refractivity contribution in [2.24, 2.45) is 46.0 Å². The van der Waals surface area contributed by atoms with Crippen LogP contribution in [0.25, 0.3) is 51.1 Å². The molecule has 2 saturated heterocycles. The zero-order chi connectivity index (χ0) is 86.5. The van der Waals surface area contributed by atoms with E-state index in [0.29, 0.717) is 47.1 Å². The molecule has 125 heavy (non-hydrogen) atoms. The van der Waals surface area contributed by atoms with Crippen LogP contribution in [0.5, 0.6) is 0 Å². The summed E-state index contributed by atoms with van der Waals surface area (Å²) in [6, 6.07) is 14.7. The molecule has 0 radical (unpaired) electrons. The van der Waals surface area contributed by atoms with E-state index in [9.17, 15) is 4.79 Å². The number of piperidine rings is 2. The van der Waals surface area contributed by atoms with Crippen LogP contribution in [0.4, 0.5) is 29.1 Å². The zero-order valence-electron chi connectivity index (χ0n) is 76.1. The molecule has 3 saturated carbocycles. The van der Waals surface area contributed by atoms with Crippen molar-refractivity contribution in [3.63, 3.8) is 0 Å². The molecule has 1 aromatic carbocycles. The number of nitrogens with two attached hydrogens (primary N) is 2. The Morgan fingerprint density at radius 3 is 1.21 bits per heavy atom. The molecule has 10 aromatic heterocycles. The van der Waals surface area contributed by atoms with Crippen molar-refractivity contribution in [2.45, 2.75) is 316 Å². The van der Waals surface area contributed by atoms with Crippen LogP contribution in [-0.4, -0.2) is 155 Å². The second-order valence-electron chi connectivity index (χ2n) is 39.9. The number of amides is 1. The number of hydrogen-bond donors (Lipinski definition) is 7. The minimum atomic E-state index is -0.166. The van der Waals surface area contributed by atoms with E-state index in [2.05, 4.69) is 191 Å². The van der Waals surface area contributed by atoms with Gasteiger partial charge in [0.25, 0.3) is 0 Å². The van der Waals surface area contributed by atoms with Crippen LogP contribution in [0.3, 0.4) is 0 Å². The summed E-state index contributed by atoms with van der Waals surface area (Å²) in [6.45, 7) is 21.5. The maximum Gasteiger partial charge on any atom is 0.220 e. The normalized spacial score (nSPS) is 24.4. The summed E-state index contributed by atoms with van der Waals surface area (Å²) in [5.74, 6) is 7.70. The first kappa shape index (κ1) is 89.7. The molecule has 5 fully saturated rings. The number of carbonyl (C=O) groups excluding carboxylic acids is 1. The minimum Gasteiger partial charge on any atom is -0.369 e. The highest BCUT2D eigenvalue weighted by Crippen LogP contribution is 2.49. The number of hydrogen-bond acceptors (Lipinski definition) is 25. The summed E-state index contributed by atoms with van der Waals surface area (Å²) >= 11 is 9.39. The number of fused-ring (bicyclic) bond motifs is 15. The lowest BCUT2D eigenvalue weighted by Crippen LogP contribution is -2.39. The predicted molar refractivity (Wildman–Crippen MR) is 525 cm³/mol. The highest BCUT2D eigenvalue weighted by atomic mass is 32.1. The molecule has 21 rings (SSSR count). The van der Waals surface area contributed by atoms with Gasteiger partial charge in [0.15, 0.2) is 0 Å². The number of carbonyl (C=O) groups is 1. The van der Waals surface area contributed by atoms with E-state index in [1.165, 1.54) is 250 Å². The van der Waals surface area contributed by atoms with E-state index in [1.54, 1.807) is 41.4 Å². The number of nitrogens with one attached hydrogen (secondary N) is 5. The van der Waals surface area contributed by atoms with Gasteiger partial charge in [0.05, 0.1) is 26.9 Å². The molecule has 0 spiro atoms. The third kappa shape index (κ3) is 21.1. The van der Waals surface area contributed by atoms with Crippen LogP contribution < -0.4 is 43.0 Å². The largest absolute Gasteiger partial charge is 0.369 e. The molecule has 0 bridgehead atoms. The molecule has 1 amide bonds. The van der Waals surface area contributed by atoms with Crippen molar-refractivity contribution in [3.8, 4) is 0 Å². The van der Waals surface area contributed by atoms with Crippen LogP contribution >= 0.6 is 56.7 Å². The zero-order valence-corrected chi connectivity index (χ0v) is 80.2. The molecule has 10 aliphatic rings. The maximum absolute atomic E-state index is 11.4. The van der Waals surface area contributed by atoms with Crippen LogP contribution in [-0.2, 0) is 75.5 Å². The number of benzene rings is 1. The fourth-order valence-electron chi connectivity index (χ4n) is 21.9. The summed E-state index contributed by atoms with van der Waals surface area (Å²) < 4.78 is 0. The fourth-order valence-corrected chi connectivity index (χ4v) is 28.1. The Hall–Kier alpha value is -7.27. The molecule has 9 N–H and O–H groups in total. The van der Waals surface area contributed by atoms with Gasteiger partial charge in [-0.05, 0) is 282 Å². The number of primary amides is 1. The van der Waals surface area contributed by atoms with Gasteiger partial charge in [-0.2, -0.15) is 0 Å². The topological polar surface area (TPSA) is 268 Å². The van der Waals surface area contributed by atoms with Crippen LogP contribution in [0, 0.1) is 34.5 Å². The van der Waals surface area contributed by atoms with Gasteiger partial charge in [0.1, 0.15) is 84.9 Å². The molecular formula is C99H138N20OS5. The molecular weight excluding hydrogens is 1650 g/mol. The molecule has 11 aromatic rings. The van der Waals surface area contributed by atoms with E-state index in [-0.39, 0.29) is 11.8 Å². The number of rotatable bonds is 17. The quantitative estimate of drug-likeness (QED) is 0.0446. The van der Waals surface area contributed by atoms with Gasteiger partial charge < -0.3 is 47.9 Å². The first-order valence-corrected chi connectivity index (χ1v) is 52.0. The number of likely N-dealkylation sites (tertiary alicyclic amines) is 1. The highest BCUT2D eigenvalue weighted by Gasteiger charge is 2.37. The van der Waals surface area contributed by atoms with Crippen LogP contribution in [0.1, 0.15) is 260 Å². The molecule has 3 unspecified atom stereocenters. The smallest absolute Gasteiger partial charge is 0.220 e. The van der Waals surface area contributed by atoms with Gasteiger partial charge in [-0.3, -0.25) is 9.69 Å². The molecule has 3 atom stereocenters. The van der Waals surface area contributed by atoms with Crippen LogP contribution in [0.15, 0.2) is 62.0 Å². The predicted octanol–water partition coefficient (Wildman–Crippen LogP) is 20.7. The van der Waals surface area contributed by atoms with Crippen molar-refractivity contribution >= 4 is 143 Å². The standard InChI is InChI=1S/C24H30N4S.C20H30N4S.C19H28N4S.C18H24N4OS.C18H26N4S/c1-2-17-8-9-20-21(14-17)29-24-22(20)23(25-16-26-24)27-19-10-12-28(13-11-19)15-18-6-4-3-5-7-18;1-20(2)10-9-16-15(11-20)17-18(21-12-22-19(17)25-16)23-13-5-7-14(8-6-13)24(3)4;1-19(2)9-8-15-14(10-19)16-17(21-11-22-18(16)24-15)23-13-6-4-12(20-3)5-7-13;1-2-11-3-4-13-14(9-11)24-18-15(13)17(20-10-21-18)22-7-5-12(6-8-22)16(19)23;1-2-11-3-8-14-15(9-11)23-18-16(14)17(20-10-21-18)22-13-6-4-12(19)5-7-13/h3-7,16-17,19H,2,8-15H2,1H3,(H,25,26,27);12-14H,5-11H2,1-4H3,(H,21,22,23);11-13,20H,4-10H2,1-3H3,(H,21,22,23);10-12H,2-9H2,1H3,(H2,19,23);10-13H,2-9,19H2,1H3,(H,20,21,22). The molecule has 670 valence electrons. The van der Waals surface area contributed by atoms with Crippen molar-refractivity contribution in [3.05, 3.63) is 120 Å². The lowest BCUT2D eigenvalue weighted by atomic mass is 9.76. The summed E-state index contributed by atoms with van der Waals surface area (Å²) in [4.78, 5) is 78.2. The third-order valence-corrected chi connectivity index (χ3v) is 35.9. The maximum atomic E-state index is 11.4. The first-order valence-electron chi connectivity index (χ1n) is 47.9. The Bertz CT molecular complexity index is 5440. The van der Waals surface area contributed by atoms with Gasteiger partial charge in [-0.25, -0.2) is 49.8 Å². The van der Waals surface area contributed by atoms with Crippen molar-refractivity contribution < 1.29 is 4.79 Å². The number of aryl methyl sites for hydroxylation is 5. The van der Waals surface area contributed by atoms with E-state index >= 15 is 0 Å². The summed E-state index contributed by atoms with van der Waals surface area (Å²) in [5, 5.41) is 25.0. The third-order valence-electron chi connectivity index (χ3n) is 30.0. The Morgan fingerprint density at radius 1 is 0.432 bits per heavy atom. The molecule has 12 heterocycles. The first-order chi connectivity index (χ1) is 60.7. The van der Waals surface area contributed by atoms with Crippen molar-refractivity contribution in [2.75, 3.05) is 73.5 Å². The Kier molecular flexibility index (Phi) is 29.0. The Balaban J connectivity index is 0.000000111. The highest BCUT2D eigenvalue weighted by molar-refractivity contribution is 7.20. The lowest BCUT2D eigenvalue weighted by Gasteiger charge is -2.33. The average Bonchev–Trinajstić information content (AvgIpc) is 1.64. The van der Waals surface area contributed by atoms with Gasteiger partial charge in [-0.15, -0.1) is 56.7 Å². The van der Waals surface area contributed by atoms with E-state index < -0.39 is 0 Å². The van der Waals surface area contributed by atoms with Crippen molar-refractivity contribution in [1.29, 1.82) is 0 Å². The van der Waals surface area contributed by atoms with Crippen molar-refractivity contribution in [1.82, 2.24) is 65.0 Å². The van der Waals surface area contributed by atoms with Gasteiger partial charge in [-0.1, -0.05) is 98.1 Å². The second kappa shape index (κ2) is 40.4. The minimum absolute atomic E-state index is 0.0141. The molecule has 26 heteroatoms. The second-order valence-corrected chi connectivity index (χ2v) is 45.4. The summed E-state index contributed by atoms with van der Waals surface area (Å²) in [6.07, 6.45) is 49.2. The fraction of sp³-hybridized carbons (Fsp3) is 0.626. The van der Waals surface area contributed by atoms with E-state index in [4.69, 9.17) is 11.5 Å². The van der Waals surface area contributed by atoms with Crippen LogP contribution in [0.2, 0.25) is 0 Å². The Labute approximate surface area is 761 Å². The molecule has 21 nitrogen and oxygen atoms in total. The van der Waals surface area contributed by atoms with Gasteiger partial charge in [0, 0.05) is 105 Å². The number of nitrogens with zero attached hydrogens (tertiary/aromatic N) is 13. The summed E-state index contributed by atoms with van der Waals surface area (Å²) in [5.41, 5.74) is 21.2. The van der Waals surface area contributed by atoms with Gasteiger partial charge in [0.2, 0.25) is 5.91 Å². The molecule has 2 aliphatic heterocycles.